The van der Waals surface area contributed by atoms with E-state index in [0.717, 1.165) is 12.1 Å². The average Bonchev–Trinajstić information content (AvgIpc) is 2.74. The summed E-state index contributed by atoms with van der Waals surface area (Å²) >= 11 is 0. The van der Waals surface area contributed by atoms with Gasteiger partial charge in [-0.3, -0.25) is 0 Å². The van der Waals surface area contributed by atoms with Crippen LogP contribution >= 0.6 is 0 Å². The molecule has 0 heteroatoms. The van der Waals surface area contributed by atoms with Crippen molar-refractivity contribution in [3.05, 3.63) is 181 Å². The summed E-state index contributed by atoms with van der Waals surface area (Å²) < 4.78 is 252. The fraction of sp³-hybridized carbons (Fsp3) is 0. The van der Waals surface area contributed by atoms with Crippen LogP contribution in [0.5, 0.6) is 0 Å². The van der Waals surface area contributed by atoms with Crippen molar-refractivity contribution in [2.24, 2.45) is 0 Å². The highest BCUT2D eigenvalue weighted by atomic mass is 14.2. The standard InChI is InChI=1S/C50H30/c1-4-35-18-20-39-22-26-43(45-28-24-37(6-1)47(35)49(39)45)33-14-10-31(11-15-33)41-8-3-9-42(30-41)32-12-16-34(17-13-32)44-27-23-40-21-19-36-5-2-7-38-25-29-46(44)50(40)48(36)38/h1-30H/i1D,2D,3D,4D,5D,6D,7D,8D,9D,10D,11D,12D,14D,15D,16D,17D,18D,19D,20D,21D,22D,23D,24D,25D,27D,28D,29D,30D. The maximum absolute atomic E-state index is 9.49. The third-order valence-electron chi connectivity index (χ3n) is 8.66. The first-order chi connectivity index (χ1) is 36.5. The van der Waals surface area contributed by atoms with Gasteiger partial charge < -0.3 is 0 Å². The molecule has 0 aliphatic rings. The molecule has 230 valence electrons. The van der Waals surface area contributed by atoms with Gasteiger partial charge in [0, 0.05) is 0 Å². The lowest BCUT2D eigenvalue weighted by Crippen LogP contribution is -1.88. The molecule has 0 saturated carbocycles. The van der Waals surface area contributed by atoms with E-state index in [4.69, 9.17) is 23.3 Å². The zero-order valence-electron chi connectivity index (χ0n) is 53.2. The SMILES string of the molecule is [2H]c1cc(-c2c([2H])c([2H])c([2H])c(-c3c([2H])c([2H])c(-c4cc([2H])c5c([2H])c([2H])c6c([2H])c([2H])c([2H])c7c([2H])c([2H])c4c5c67)c([2H])c3[2H])c2[2H])c([2H])c([2H])c1-c1c([2H])c([2H])c2c([2H])c([2H])c3c([2H])c([2H])c([2H])c4c([2H])c([2H])c1c2c34. The van der Waals surface area contributed by atoms with E-state index in [1.165, 1.54) is 0 Å². The second-order valence-electron chi connectivity index (χ2n) is 11.4. The molecule has 0 aliphatic heterocycles. The Morgan fingerprint density at radius 2 is 0.700 bits per heavy atom. The van der Waals surface area contributed by atoms with Gasteiger partial charge in [0.2, 0.25) is 0 Å². The number of benzene rings is 11. The largest absolute Gasteiger partial charge is 0.0636 e. The van der Waals surface area contributed by atoms with Crippen LogP contribution < -0.4 is 0 Å². The van der Waals surface area contributed by atoms with E-state index in [9.17, 15) is 15.1 Å². The highest BCUT2D eigenvalue weighted by Gasteiger charge is 2.14. The Bertz CT molecular complexity index is 4620. The molecule has 0 aliphatic carbocycles. The lowest BCUT2D eigenvalue weighted by Gasteiger charge is -2.15. The van der Waals surface area contributed by atoms with Gasteiger partial charge in [0.15, 0.2) is 0 Å². The van der Waals surface area contributed by atoms with Gasteiger partial charge in [0.1, 0.15) is 0 Å². The quantitative estimate of drug-likeness (QED) is 0.165. The minimum Gasteiger partial charge on any atom is -0.0610 e. The first-order valence-electron chi connectivity index (χ1n) is 29.2. The van der Waals surface area contributed by atoms with Gasteiger partial charge in [-0.15, -0.1) is 0 Å². The van der Waals surface area contributed by atoms with E-state index in [-0.39, 0.29) is 64.8 Å². The Morgan fingerprint density at radius 3 is 1.34 bits per heavy atom. The van der Waals surface area contributed by atoms with Gasteiger partial charge in [-0.05, 0) is 115 Å². The normalized spacial score (nSPS) is 19.8. The average molecular weight is 659 g/mol. The smallest absolute Gasteiger partial charge is 0.0610 e. The van der Waals surface area contributed by atoms with Crippen LogP contribution in [0, 0.1) is 0 Å². The molecule has 0 radical (unpaired) electrons. The van der Waals surface area contributed by atoms with E-state index in [1.54, 1.807) is 0 Å². The summed E-state index contributed by atoms with van der Waals surface area (Å²) in [6.45, 7) is 0. The molecule has 0 saturated heterocycles. The molecule has 0 unspecified atom stereocenters. The molecule has 11 aromatic carbocycles. The van der Waals surface area contributed by atoms with Crippen molar-refractivity contribution in [3.63, 3.8) is 0 Å². The van der Waals surface area contributed by atoms with E-state index in [1.807, 2.05) is 0 Å². The fourth-order valence-electron chi connectivity index (χ4n) is 6.36. The van der Waals surface area contributed by atoms with Crippen molar-refractivity contribution >= 4 is 64.6 Å². The van der Waals surface area contributed by atoms with Crippen LogP contribution in [-0.4, -0.2) is 0 Å². The Kier molecular flexibility index (Phi) is 2.48. The lowest BCUT2D eigenvalue weighted by molar-refractivity contribution is 1.58. The summed E-state index contributed by atoms with van der Waals surface area (Å²) in [5.74, 6) is 0. The maximum Gasteiger partial charge on any atom is 0.0636 e. The fourth-order valence-corrected chi connectivity index (χ4v) is 6.36. The van der Waals surface area contributed by atoms with Crippen LogP contribution in [0.4, 0.5) is 0 Å². The topological polar surface area (TPSA) is 0 Å². The maximum atomic E-state index is 9.49. The molecular formula is C50H30. The molecule has 0 N–H and O–H groups in total. The second kappa shape index (κ2) is 10.5. The molecule has 0 aromatic heterocycles. The highest BCUT2D eigenvalue weighted by Crippen LogP contribution is 2.41. The lowest BCUT2D eigenvalue weighted by atomic mass is 9.89. The second-order valence-corrected chi connectivity index (χ2v) is 11.4. The van der Waals surface area contributed by atoms with Crippen LogP contribution in [0.1, 0.15) is 38.4 Å². The third kappa shape index (κ3) is 4.06. The molecule has 11 rings (SSSR count). The molecule has 0 amide bonds. The summed E-state index contributed by atoms with van der Waals surface area (Å²) in [4.78, 5) is 0. The van der Waals surface area contributed by atoms with Gasteiger partial charge in [-0.2, -0.15) is 0 Å². The van der Waals surface area contributed by atoms with Crippen molar-refractivity contribution in [1.82, 2.24) is 0 Å². The summed E-state index contributed by atoms with van der Waals surface area (Å²) in [6, 6.07) is -19.6. The zero-order chi connectivity index (χ0) is 57.1. The van der Waals surface area contributed by atoms with Crippen LogP contribution in [0.25, 0.3) is 109 Å². The summed E-state index contributed by atoms with van der Waals surface area (Å²) in [6.07, 6.45) is 0. The summed E-state index contributed by atoms with van der Waals surface area (Å²) in [5, 5.41) is -3.54. The molecule has 0 bridgehead atoms. The predicted molar refractivity (Wildman–Crippen MR) is 216 cm³/mol. The molecule has 0 heterocycles. The van der Waals surface area contributed by atoms with Gasteiger partial charge in [-0.1, -0.05) is 175 Å². The van der Waals surface area contributed by atoms with E-state index in [0.29, 0.717) is 0 Å². The van der Waals surface area contributed by atoms with Crippen LogP contribution in [-0.2, 0) is 0 Å². The van der Waals surface area contributed by atoms with Crippen molar-refractivity contribution < 1.29 is 38.4 Å². The predicted octanol–water partition coefficient (Wildman–Crippen LogP) is 14.1. The zero-order valence-corrected chi connectivity index (χ0v) is 25.2. The van der Waals surface area contributed by atoms with Crippen molar-refractivity contribution in [2.45, 2.75) is 0 Å². The molecule has 0 nitrogen and oxygen atoms in total. The Labute approximate surface area is 329 Å². The third-order valence-corrected chi connectivity index (χ3v) is 8.66. The first-order valence-corrected chi connectivity index (χ1v) is 15.2. The number of rotatable bonds is 4. The van der Waals surface area contributed by atoms with Crippen molar-refractivity contribution in [1.29, 1.82) is 0 Å². The van der Waals surface area contributed by atoms with Crippen LogP contribution in [0.3, 0.4) is 0 Å². The van der Waals surface area contributed by atoms with Crippen LogP contribution in [0.15, 0.2) is 181 Å². The minimum absolute atomic E-state index is 0.172. The number of hydrogen-bond acceptors (Lipinski definition) is 0. The Hall–Kier alpha value is -6.50. The van der Waals surface area contributed by atoms with Crippen molar-refractivity contribution in [2.75, 3.05) is 0 Å². The molecule has 0 fully saturated rings. The molecular weight excluding hydrogens is 601 g/mol. The van der Waals surface area contributed by atoms with E-state index >= 15 is 0 Å². The molecule has 0 atom stereocenters. The molecule has 50 heavy (non-hydrogen) atoms. The van der Waals surface area contributed by atoms with Gasteiger partial charge in [0.05, 0.1) is 38.4 Å². The molecule has 11 aromatic rings. The summed E-state index contributed by atoms with van der Waals surface area (Å²) in [7, 11) is 0. The molecule has 0 spiro atoms. The monoisotopic (exact) mass is 658 g/mol. The van der Waals surface area contributed by atoms with Gasteiger partial charge in [0.25, 0.3) is 0 Å². The van der Waals surface area contributed by atoms with E-state index < -0.39 is 214 Å². The van der Waals surface area contributed by atoms with Gasteiger partial charge >= 0.3 is 0 Å². The van der Waals surface area contributed by atoms with Crippen molar-refractivity contribution in [3.8, 4) is 44.5 Å². The first kappa shape index (κ1) is 11.8. The van der Waals surface area contributed by atoms with Gasteiger partial charge in [-0.25, -0.2) is 0 Å². The Balaban J connectivity index is 1.17. The number of hydrogen-bond donors (Lipinski definition) is 0. The summed E-state index contributed by atoms with van der Waals surface area (Å²) in [5.41, 5.74) is -4.92. The highest BCUT2D eigenvalue weighted by molar-refractivity contribution is 6.26. The van der Waals surface area contributed by atoms with Crippen LogP contribution in [0.2, 0.25) is 0 Å². The Morgan fingerprint density at radius 1 is 0.260 bits per heavy atom. The van der Waals surface area contributed by atoms with E-state index in [2.05, 4.69) is 0 Å². The minimum atomic E-state index is -0.969.